The topological polar surface area (TPSA) is 89.4 Å². The number of fused-ring (bicyclic) bond motifs is 1. The summed E-state index contributed by atoms with van der Waals surface area (Å²) in [5, 5.41) is 0.467. The van der Waals surface area contributed by atoms with E-state index < -0.39 is 0 Å². The summed E-state index contributed by atoms with van der Waals surface area (Å²) in [4.78, 5) is 13.0. The molecule has 0 saturated carbocycles. The molecule has 0 fully saturated rings. The smallest absolute Gasteiger partial charge is 0.235 e. The molecule has 3 aromatic rings. The van der Waals surface area contributed by atoms with Gasteiger partial charge in [0.05, 0.1) is 26.2 Å². The van der Waals surface area contributed by atoms with E-state index in [1.807, 2.05) is 24.3 Å². The van der Waals surface area contributed by atoms with Crippen LogP contribution < -0.4 is 19.6 Å². The third-order valence-corrected chi connectivity index (χ3v) is 4.15. The molecule has 27 heavy (non-hydrogen) atoms. The van der Waals surface area contributed by atoms with E-state index in [-0.39, 0.29) is 16.7 Å². The van der Waals surface area contributed by atoms with E-state index in [9.17, 15) is 4.79 Å². The average Bonchev–Trinajstić information content (AvgIpc) is 2.69. The molecule has 6 nitrogen and oxygen atoms in total. The molecule has 0 aliphatic rings. The molecule has 0 unspecified atom stereocenters. The molecule has 0 radical (unpaired) electrons. The molecule has 0 spiro atoms. The van der Waals surface area contributed by atoms with Gasteiger partial charge in [-0.15, -0.1) is 0 Å². The molecular weight excluding hydrogens is 348 g/mol. The van der Waals surface area contributed by atoms with Crippen molar-refractivity contribution in [1.29, 1.82) is 0 Å². The van der Waals surface area contributed by atoms with Crippen LogP contribution in [0, 0.1) is 0 Å². The van der Waals surface area contributed by atoms with E-state index >= 15 is 0 Å². The summed E-state index contributed by atoms with van der Waals surface area (Å²) >= 11 is 0. The van der Waals surface area contributed by atoms with Crippen LogP contribution in [0.15, 0.2) is 51.7 Å². The Morgan fingerprint density at radius 3 is 2.26 bits per heavy atom. The Labute approximate surface area is 157 Å². The molecule has 6 heteroatoms. The summed E-state index contributed by atoms with van der Waals surface area (Å²) in [6.45, 7) is 2.54. The third-order valence-electron chi connectivity index (χ3n) is 4.15. The molecule has 2 aromatic carbocycles. The van der Waals surface area contributed by atoms with Crippen molar-refractivity contribution in [3.05, 3.63) is 52.7 Å². The van der Waals surface area contributed by atoms with E-state index in [4.69, 9.17) is 18.6 Å². The van der Waals surface area contributed by atoms with Gasteiger partial charge in [-0.25, -0.2) is 0 Å². The zero-order chi connectivity index (χ0) is 18.5. The summed E-state index contributed by atoms with van der Waals surface area (Å²) in [6, 6.07) is 12.5. The summed E-state index contributed by atoms with van der Waals surface area (Å²) < 4.78 is 22.3. The van der Waals surface area contributed by atoms with Gasteiger partial charge in [0.2, 0.25) is 11.2 Å². The number of unbranched alkanes of at least 4 members (excludes halogenated alkanes) is 1. The molecule has 3 rings (SSSR count). The highest BCUT2D eigenvalue weighted by atomic mass is 16.5. The predicted octanol–water partition coefficient (Wildman–Crippen LogP) is 3.83. The second kappa shape index (κ2) is 9.09. The lowest BCUT2D eigenvalue weighted by atomic mass is 10.1. The SMILES string of the molecule is CCCCOc1c(-c2ccc(OC)cc2)oc2cc(OC)ccc2c1=O.O. The van der Waals surface area contributed by atoms with Gasteiger partial charge in [-0.3, -0.25) is 4.79 Å². The quantitative estimate of drug-likeness (QED) is 0.588. The number of hydrogen-bond donors (Lipinski definition) is 0. The molecular formula is C21H24O6. The van der Waals surface area contributed by atoms with E-state index in [1.54, 1.807) is 32.4 Å². The second-order valence-electron chi connectivity index (χ2n) is 5.88. The lowest BCUT2D eigenvalue weighted by Crippen LogP contribution is -2.11. The Hall–Kier alpha value is -2.99. The minimum atomic E-state index is -0.184. The summed E-state index contributed by atoms with van der Waals surface area (Å²) in [5.41, 5.74) is 1.03. The lowest BCUT2D eigenvalue weighted by molar-refractivity contribution is 0.301. The fourth-order valence-electron chi connectivity index (χ4n) is 2.67. The van der Waals surface area contributed by atoms with Crippen LogP contribution in [0.2, 0.25) is 0 Å². The maximum atomic E-state index is 13.0. The zero-order valence-electron chi connectivity index (χ0n) is 15.7. The Balaban J connectivity index is 0.00000261. The first-order valence-corrected chi connectivity index (χ1v) is 8.60. The number of hydrogen-bond acceptors (Lipinski definition) is 5. The largest absolute Gasteiger partial charge is 0.497 e. The number of benzene rings is 2. The van der Waals surface area contributed by atoms with Gasteiger partial charge in [0, 0.05) is 11.6 Å². The summed E-state index contributed by atoms with van der Waals surface area (Å²) in [6.07, 6.45) is 1.84. The van der Waals surface area contributed by atoms with Crippen LogP contribution >= 0.6 is 0 Å². The molecule has 0 amide bonds. The highest BCUT2D eigenvalue weighted by molar-refractivity contribution is 5.83. The maximum Gasteiger partial charge on any atom is 0.235 e. The molecule has 0 saturated heterocycles. The van der Waals surface area contributed by atoms with Gasteiger partial charge in [0.25, 0.3) is 0 Å². The molecule has 0 bridgehead atoms. The van der Waals surface area contributed by atoms with Gasteiger partial charge >= 0.3 is 0 Å². The summed E-state index contributed by atoms with van der Waals surface area (Å²) in [7, 11) is 3.18. The lowest BCUT2D eigenvalue weighted by Gasteiger charge is -2.12. The van der Waals surface area contributed by atoms with Gasteiger partial charge in [0.15, 0.2) is 5.76 Å². The maximum absolute atomic E-state index is 13.0. The zero-order valence-corrected chi connectivity index (χ0v) is 15.7. The Bertz CT molecular complexity index is 943. The van der Waals surface area contributed by atoms with E-state index in [1.165, 1.54) is 0 Å². The first-order valence-electron chi connectivity index (χ1n) is 8.60. The minimum absolute atomic E-state index is 0. The number of ether oxygens (including phenoxy) is 3. The first kappa shape index (κ1) is 20.3. The fourth-order valence-corrected chi connectivity index (χ4v) is 2.67. The Kier molecular flexibility index (Phi) is 6.85. The molecule has 0 atom stereocenters. The van der Waals surface area contributed by atoms with Crippen molar-refractivity contribution in [2.75, 3.05) is 20.8 Å². The second-order valence-corrected chi connectivity index (χ2v) is 5.88. The van der Waals surface area contributed by atoms with Gasteiger partial charge in [-0.05, 0) is 42.8 Å². The van der Waals surface area contributed by atoms with Crippen LogP contribution in [-0.4, -0.2) is 26.3 Å². The standard InChI is InChI=1S/C21H22O5.H2O/c1-4-5-12-25-21-19(22)17-11-10-16(24-3)13-18(17)26-20(21)14-6-8-15(23-2)9-7-14;/h6-11,13H,4-5,12H2,1-3H3;1H2. The van der Waals surface area contributed by atoms with E-state index in [0.717, 1.165) is 24.2 Å². The molecule has 1 aromatic heterocycles. The highest BCUT2D eigenvalue weighted by Crippen LogP contribution is 2.33. The first-order chi connectivity index (χ1) is 12.7. The number of rotatable bonds is 7. The molecule has 2 N–H and O–H groups in total. The predicted molar refractivity (Wildman–Crippen MR) is 105 cm³/mol. The highest BCUT2D eigenvalue weighted by Gasteiger charge is 2.18. The average molecular weight is 372 g/mol. The molecule has 144 valence electrons. The normalized spacial score (nSPS) is 10.3. The third kappa shape index (κ3) is 4.23. The van der Waals surface area contributed by atoms with Crippen LogP contribution in [0.5, 0.6) is 17.2 Å². The monoisotopic (exact) mass is 372 g/mol. The molecule has 0 aliphatic heterocycles. The van der Waals surface area contributed by atoms with Crippen molar-refractivity contribution < 1.29 is 24.1 Å². The van der Waals surface area contributed by atoms with Crippen molar-refractivity contribution in [3.63, 3.8) is 0 Å². The van der Waals surface area contributed by atoms with Crippen LogP contribution in [0.3, 0.4) is 0 Å². The van der Waals surface area contributed by atoms with Crippen molar-refractivity contribution in [2.45, 2.75) is 19.8 Å². The van der Waals surface area contributed by atoms with Crippen molar-refractivity contribution in [1.82, 2.24) is 0 Å². The van der Waals surface area contributed by atoms with E-state index in [0.29, 0.717) is 29.1 Å². The van der Waals surface area contributed by atoms with Crippen molar-refractivity contribution >= 4 is 11.0 Å². The number of methoxy groups -OCH3 is 2. The Morgan fingerprint density at radius 2 is 1.63 bits per heavy atom. The van der Waals surface area contributed by atoms with Crippen molar-refractivity contribution in [3.8, 4) is 28.6 Å². The fraction of sp³-hybridized carbons (Fsp3) is 0.286. The van der Waals surface area contributed by atoms with Gasteiger partial charge in [-0.1, -0.05) is 13.3 Å². The van der Waals surface area contributed by atoms with Crippen LogP contribution in [0.25, 0.3) is 22.3 Å². The van der Waals surface area contributed by atoms with Gasteiger partial charge < -0.3 is 24.1 Å². The molecule has 1 heterocycles. The molecule has 0 aliphatic carbocycles. The van der Waals surface area contributed by atoms with Crippen LogP contribution in [-0.2, 0) is 0 Å². The van der Waals surface area contributed by atoms with E-state index in [2.05, 4.69) is 6.92 Å². The Morgan fingerprint density at radius 1 is 0.963 bits per heavy atom. The summed E-state index contributed by atoms with van der Waals surface area (Å²) in [5.74, 6) is 2.00. The van der Waals surface area contributed by atoms with Crippen LogP contribution in [0.4, 0.5) is 0 Å². The van der Waals surface area contributed by atoms with Crippen LogP contribution in [0.1, 0.15) is 19.8 Å². The minimum Gasteiger partial charge on any atom is -0.497 e. The van der Waals surface area contributed by atoms with Gasteiger partial charge in [0.1, 0.15) is 17.1 Å². The van der Waals surface area contributed by atoms with Gasteiger partial charge in [-0.2, -0.15) is 0 Å². The van der Waals surface area contributed by atoms with Crippen molar-refractivity contribution in [2.24, 2.45) is 0 Å².